The highest BCUT2D eigenvalue weighted by Crippen LogP contribution is 2.40. The fourth-order valence-corrected chi connectivity index (χ4v) is 3.46. The third-order valence-corrected chi connectivity index (χ3v) is 5.27. The summed E-state index contributed by atoms with van der Waals surface area (Å²) in [6, 6.07) is 3.90. The number of piperazine rings is 1. The SMILES string of the molecule is COc1ccc(CN2CCN(C(=O)C(C)OCCC(C)C)CC2)c(OC)c1OC. The Bertz CT molecular complexity index is 657. The molecule has 0 bridgehead atoms. The lowest BCUT2D eigenvalue weighted by Gasteiger charge is -2.36. The van der Waals surface area contributed by atoms with Gasteiger partial charge in [0, 0.05) is 44.9 Å². The molecule has 29 heavy (non-hydrogen) atoms. The Morgan fingerprint density at radius 3 is 2.17 bits per heavy atom. The van der Waals surface area contributed by atoms with E-state index in [2.05, 4.69) is 18.7 Å². The highest BCUT2D eigenvalue weighted by atomic mass is 16.5. The summed E-state index contributed by atoms with van der Waals surface area (Å²) in [7, 11) is 4.86. The van der Waals surface area contributed by atoms with Gasteiger partial charge in [0.15, 0.2) is 11.5 Å². The molecule has 1 saturated heterocycles. The third kappa shape index (κ3) is 6.24. The van der Waals surface area contributed by atoms with Crippen LogP contribution in [0.5, 0.6) is 17.2 Å². The number of amides is 1. The van der Waals surface area contributed by atoms with E-state index in [1.807, 2.05) is 24.0 Å². The van der Waals surface area contributed by atoms with Crippen LogP contribution < -0.4 is 14.2 Å². The Kier molecular flexibility index (Phi) is 9.04. The lowest BCUT2D eigenvalue weighted by Crippen LogP contribution is -2.51. The summed E-state index contributed by atoms with van der Waals surface area (Å²) < 4.78 is 22.1. The van der Waals surface area contributed by atoms with Crippen LogP contribution in [0.15, 0.2) is 12.1 Å². The molecule has 1 aliphatic heterocycles. The van der Waals surface area contributed by atoms with E-state index in [9.17, 15) is 4.79 Å². The number of rotatable bonds is 10. The standard InChI is InChI=1S/C22H36N2O5/c1-16(2)9-14-29-17(3)22(25)24-12-10-23(11-13-24)15-18-7-8-19(26-4)21(28-6)20(18)27-5/h7-8,16-17H,9-15H2,1-6H3. The molecule has 0 saturated carbocycles. The molecule has 1 fully saturated rings. The van der Waals surface area contributed by atoms with Crippen LogP contribution in [-0.4, -0.2) is 75.9 Å². The van der Waals surface area contributed by atoms with Gasteiger partial charge in [0.1, 0.15) is 6.10 Å². The topological polar surface area (TPSA) is 60.5 Å². The van der Waals surface area contributed by atoms with Crippen molar-refractivity contribution in [3.63, 3.8) is 0 Å². The Labute approximate surface area is 174 Å². The average molecular weight is 409 g/mol. The maximum Gasteiger partial charge on any atom is 0.251 e. The number of carbonyl (C=O) groups is 1. The molecule has 0 aliphatic carbocycles. The minimum absolute atomic E-state index is 0.0807. The number of carbonyl (C=O) groups excluding carboxylic acids is 1. The first-order chi connectivity index (χ1) is 13.9. The van der Waals surface area contributed by atoms with Crippen molar-refractivity contribution >= 4 is 5.91 Å². The number of benzene rings is 1. The maximum atomic E-state index is 12.6. The summed E-state index contributed by atoms with van der Waals surface area (Å²) in [5, 5.41) is 0. The Balaban J connectivity index is 1.91. The van der Waals surface area contributed by atoms with E-state index in [0.29, 0.717) is 42.9 Å². The monoisotopic (exact) mass is 408 g/mol. The fourth-order valence-electron chi connectivity index (χ4n) is 3.46. The Morgan fingerprint density at radius 1 is 0.966 bits per heavy atom. The predicted octanol–water partition coefficient (Wildman–Crippen LogP) is 2.81. The normalized spacial score (nSPS) is 16.0. The molecule has 1 unspecified atom stereocenters. The molecule has 1 amide bonds. The summed E-state index contributed by atoms with van der Waals surface area (Å²) in [6.45, 7) is 10.5. The van der Waals surface area contributed by atoms with Crippen molar-refractivity contribution in [2.45, 2.75) is 39.8 Å². The molecule has 1 atom stereocenters. The van der Waals surface area contributed by atoms with Crippen molar-refractivity contribution in [1.29, 1.82) is 0 Å². The van der Waals surface area contributed by atoms with Gasteiger partial charge in [0.05, 0.1) is 21.3 Å². The van der Waals surface area contributed by atoms with Gasteiger partial charge in [-0.2, -0.15) is 0 Å². The van der Waals surface area contributed by atoms with E-state index in [1.165, 1.54) is 0 Å². The largest absolute Gasteiger partial charge is 0.493 e. The lowest BCUT2D eigenvalue weighted by atomic mass is 10.1. The first-order valence-corrected chi connectivity index (χ1v) is 10.3. The second-order valence-corrected chi connectivity index (χ2v) is 7.79. The number of hydrogen-bond acceptors (Lipinski definition) is 6. The van der Waals surface area contributed by atoms with Crippen molar-refractivity contribution in [3.8, 4) is 17.2 Å². The van der Waals surface area contributed by atoms with E-state index < -0.39 is 0 Å². The van der Waals surface area contributed by atoms with Gasteiger partial charge in [0.25, 0.3) is 5.91 Å². The van der Waals surface area contributed by atoms with E-state index in [0.717, 1.165) is 31.6 Å². The van der Waals surface area contributed by atoms with Crippen molar-refractivity contribution in [2.75, 3.05) is 54.1 Å². The van der Waals surface area contributed by atoms with E-state index in [1.54, 1.807) is 21.3 Å². The van der Waals surface area contributed by atoms with Crippen LogP contribution in [0.4, 0.5) is 0 Å². The van der Waals surface area contributed by atoms with Crippen LogP contribution in [0.2, 0.25) is 0 Å². The van der Waals surface area contributed by atoms with Gasteiger partial charge in [0.2, 0.25) is 5.75 Å². The van der Waals surface area contributed by atoms with E-state index in [-0.39, 0.29) is 12.0 Å². The molecule has 1 heterocycles. The van der Waals surface area contributed by atoms with E-state index in [4.69, 9.17) is 18.9 Å². The fraction of sp³-hybridized carbons (Fsp3) is 0.682. The molecule has 7 nitrogen and oxygen atoms in total. The highest BCUT2D eigenvalue weighted by Gasteiger charge is 2.26. The van der Waals surface area contributed by atoms with Crippen molar-refractivity contribution in [1.82, 2.24) is 9.80 Å². The summed E-state index contributed by atoms with van der Waals surface area (Å²) in [6.07, 6.45) is 0.588. The molecule has 164 valence electrons. The van der Waals surface area contributed by atoms with Gasteiger partial charge in [-0.3, -0.25) is 9.69 Å². The lowest BCUT2D eigenvalue weighted by molar-refractivity contribution is -0.144. The summed E-state index contributed by atoms with van der Waals surface area (Å²) >= 11 is 0. The molecule has 0 aromatic heterocycles. The van der Waals surface area contributed by atoms with Crippen molar-refractivity contribution in [3.05, 3.63) is 17.7 Å². The van der Waals surface area contributed by atoms with Gasteiger partial charge < -0.3 is 23.8 Å². The zero-order chi connectivity index (χ0) is 21.4. The van der Waals surface area contributed by atoms with Crippen LogP contribution in [0.25, 0.3) is 0 Å². The first kappa shape index (κ1) is 23.3. The first-order valence-electron chi connectivity index (χ1n) is 10.3. The average Bonchev–Trinajstić information content (AvgIpc) is 2.72. The Hall–Kier alpha value is -1.99. The molecule has 0 radical (unpaired) electrons. The van der Waals surface area contributed by atoms with Gasteiger partial charge >= 0.3 is 0 Å². The zero-order valence-electron chi connectivity index (χ0n) is 18.7. The summed E-state index contributed by atoms with van der Waals surface area (Å²) in [5.74, 6) is 2.60. The number of nitrogens with zero attached hydrogens (tertiary/aromatic N) is 2. The minimum Gasteiger partial charge on any atom is -0.493 e. The molecule has 7 heteroatoms. The molecule has 0 spiro atoms. The molecule has 1 aromatic carbocycles. The van der Waals surface area contributed by atoms with Gasteiger partial charge in [-0.1, -0.05) is 19.9 Å². The highest BCUT2D eigenvalue weighted by molar-refractivity contribution is 5.80. The summed E-state index contributed by atoms with van der Waals surface area (Å²) in [4.78, 5) is 16.8. The minimum atomic E-state index is -0.383. The molecular weight excluding hydrogens is 372 g/mol. The van der Waals surface area contributed by atoms with Crippen LogP contribution in [0.3, 0.4) is 0 Å². The van der Waals surface area contributed by atoms with Gasteiger partial charge in [-0.05, 0) is 25.3 Å². The van der Waals surface area contributed by atoms with Crippen molar-refractivity contribution < 1.29 is 23.7 Å². The summed E-state index contributed by atoms with van der Waals surface area (Å²) in [5.41, 5.74) is 1.04. The van der Waals surface area contributed by atoms with Crippen LogP contribution in [-0.2, 0) is 16.1 Å². The second kappa shape index (κ2) is 11.3. The molecule has 1 aromatic rings. The predicted molar refractivity (Wildman–Crippen MR) is 113 cm³/mol. The number of hydrogen-bond donors (Lipinski definition) is 0. The van der Waals surface area contributed by atoms with Crippen LogP contribution in [0.1, 0.15) is 32.8 Å². The van der Waals surface area contributed by atoms with Crippen molar-refractivity contribution in [2.24, 2.45) is 5.92 Å². The van der Waals surface area contributed by atoms with Crippen LogP contribution >= 0.6 is 0 Å². The van der Waals surface area contributed by atoms with Gasteiger partial charge in [-0.25, -0.2) is 0 Å². The maximum absolute atomic E-state index is 12.6. The quantitative estimate of drug-likeness (QED) is 0.593. The van der Waals surface area contributed by atoms with Crippen LogP contribution in [0, 0.1) is 5.92 Å². The molecule has 0 N–H and O–H groups in total. The second-order valence-electron chi connectivity index (χ2n) is 7.79. The Morgan fingerprint density at radius 2 is 1.62 bits per heavy atom. The molecule has 1 aliphatic rings. The smallest absolute Gasteiger partial charge is 0.251 e. The number of methoxy groups -OCH3 is 3. The third-order valence-electron chi connectivity index (χ3n) is 5.27. The molecule has 2 rings (SSSR count). The van der Waals surface area contributed by atoms with Gasteiger partial charge in [-0.15, -0.1) is 0 Å². The van der Waals surface area contributed by atoms with E-state index >= 15 is 0 Å². The molecular formula is C22H36N2O5. The zero-order valence-corrected chi connectivity index (χ0v) is 18.7. The number of ether oxygens (including phenoxy) is 4.